The fourth-order valence-corrected chi connectivity index (χ4v) is 4.72. The second-order valence-electron chi connectivity index (χ2n) is 4.37. The molecule has 1 amide bonds. The molecule has 2 heterocycles. The van der Waals surface area contributed by atoms with Gasteiger partial charge in [0.05, 0.1) is 6.54 Å². The number of hydrogen-bond donors (Lipinski definition) is 1. The van der Waals surface area contributed by atoms with Gasteiger partial charge in [-0.25, -0.2) is 8.42 Å². The van der Waals surface area contributed by atoms with Crippen LogP contribution in [0.15, 0.2) is 39.2 Å². The van der Waals surface area contributed by atoms with E-state index in [1.165, 1.54) is 18.0 Å². The van der Waals surface area contributed by atoms with E-state index in [1.54, 1.807) is 22.8 Å². The van der Waals surface area contributed by atoms with E-state index in [1.807, 2.05) is 17.5 Å². The summed E-state index contributed by atoms with van der Waals surface area (Å²) in [5.74, 6) is -0.297. The standard InChI is InChI=1S/C13H16N2O3S3/c1-15(21(17,18)13-5-3-9-20-13)10-12(16)14-7-6-11-4-2-8-19-11/h2-5,8-9H,6-7,10H2,1H3,(H,14,16). The second-order valence-corrected chi connectivity index (χ2v) is 8.62. The van der Waals surface area contributed by atoms with Crippen LogP contribution in [-0.2, 0) is 21.2 Å². The number of likely N-dealkylation sites (N-methyl/N-ethyl adjacent to an activating group) is 1. The number of amides is 1. The van der Waals surface area contributed by atoms with Gasteiger partial charge in [-0.2, -0.15) is 4.31 Å². The van der Waals surface area contributed by atoms with E-state index in [0.717, 1.165) is 22.1 Å². The van der Waals surface area contributed by atoms with Crippen LogP contribution in [0, 0.1) is 0 Å². The maximum absolute atomic E-state index is 12.1. The van der Waals surface area contributed by atoms with Gasteiger partial charge in [-0.3, -0.25) is 4.79 Å². The second kappa shape index (κ2) is 7.17. The molecule has 0 aliphatic heterocycles. The highest BCUT2D eigenvalue weighted by atomic mass is 32.2. The van der Waals surface area contributed by atoms with Gasteiger partial charge in [0.2, 0.25) is 5.91 Å². The predicted molar refractivity (Wildman–Crippen MR) is 85.2 cm³/mol. The van der Waals surface area contributed by atoms with Crippen LogP contribution in [0.5, 0.6) is 0 Å². The van der Waals surface area contributed by atoms with Crippen LogP contribution in [0.1, 0.15) is 4.88 Å². The Morgan fingerprint density at radius 2 is 1.95 bits per heavy atom. The van der Waals surface area contributed by atoms with Crippen molar-refractivity contribution in [2.24, 2.45) is 0 Å². The third-order valence-corrected chi connectivity index (χ3v) is 6.91. The Morgan fingerprint density at radius 3 is 2.57 bits per heavy atom. The van der Waals surface area contributed by atoms with Gasteiger partial charge in [0.15, 0.2) is 0 Å². The average molecular weight is 344 g/mol. The number of carbonyl (C=O) groups excluding carboxylic acids is 1. The Kier molecular flexibility index (Phi) is 5.51. The van der Waals surface area contributed by atoms with Gasteiger partial charge in [-0.05, 0) is 29.3 Å². The fraction of sp³-hybridized carbons (Fsp3) is 0.308. The molecule has 5 nitrogen and oxygen atoms in total. The van der Waals surface area contributed by atoms with Crippen molar-refractivity contribution >= 4 is 38.6 Å². The zero-order chi connectivity index (χ0) is 15.3. The number of nitrogens with zero attached hydrogens (tertiary/aromatic N) is 1. The SMILES string of the molecule is CN(CC(=O)NCCc1cccs1)S(=O)(=O)c1cccs1. The van der Waals surface area contributed by atoms with Crippen molar-refractivity contribution in [2.75, 3.05) is 20.1 Å². The molecule has 2 aromatic rings. The largest absolute Gasteiger partial charge is 0.355 e. The third-order valence-electron chi connectivity index (χ3n) is 2.80. The summed E-state index contributed by atoms with van der Waals surface area (Å²) < 4.78 is 25.6. The monoisotopic (exact) mass is 344 g/mol. The average Bonchev–Trinajstić information content (AvgIpc) is 3.12. The maximum atomic E-state index is 12.1. The van der Waals surface area contributed by atoms with E-state index >= 15 is 0 Å². The summed E-state index contributed by atoms with van der Waals surface area (Å²) in [6.45, 7) is 0.330. The van der Waals surface area contributed by atoms with Crippen molar-refractivity contribution in [3.63, 3.8) is 0 Å². The third kappa shape index (κ3) is 4.37. The molecule has 0 fully saturated rings. The van der Waals surface area contributed by atoms with Gasteiger partial charge < -0.3 is 5.32 Å². The lowest BCUT2D eigenvalue weighted by Crippen LogP contribution is -2.38. The molecule has 0 unspecified atom stereocenters. The molecule has 21 heavy (non-hydrogen) atoms. The van der Waals surface area contributed by atoms with Crippen molar-refractivity contribution in [2.45, 2.75) is 10.6 Å². The first-order valence-electron chi connectivity index (χ1n) is 6.29. The lowest BCUT2D eigenvalue weighted by Gasteiger charge is -2.15. The first kappa shape index (κ1) is 16.2. The number of sulfonamides is 1. The van der Waals surface area contributed by atoms with Crippen molar-refractivity contribution in [3.05, 3.63) is 39.9 Å². The molecule has 0 bridgehead atoms. The van der Waals surface area contributed by atoms with E-state index < -0.39 is 10.0 Å². The molecule has 0 saturated carbocycles. The molecule has 8 heteroatoms. The van der Waals surface area contributed by atoms with Gasteiger partial charge in [-0.15, -0.1) is 22.7 Å². The molecule has 114 valence electrons. The Labute approximate surface area is 132 Å². The lowest BCUT2D eigenvalue weighted by atomic mass is 10.3. The number of carbonyl (C=O) groups is 1. The number of nitrogens with one attached hydrogen (secondary N) is 1. The maximum Gasteiger partial charge on any atom is 0.252 e. The zero-order valence-corrected chi connectivity index (χ0v) is 13.9. The molecule has 0 saturated heterocycles. The van der Waals surface area contributed by atoms with Gasteiger partial charge in [0, 0.05) is 18.5 Å². The summed E-state index contributed by atoms with van der Waals surface area (Å²) in [6, 6.07) is 7.17. The predicted octanol–water partition coefficient (Wildman–Crippen LogP) is 1.79. The number of hydrogen-bond acceptors (Lipinski definition) is 5. The summed E-state index contributed by atoms with van der Waals surface area (Å²) in [5, 5.41) is 6.42. The van der Waals surface area contributed by atoms with Crippen molar-refractivity contribution in [1.29, 1.82) is 0 Å². The minimum atomic E-state index is -3.57. The van der Waals surface area contributed by atoms with Gasteiger partial charge in [-0.1, -0.05) is 12.1 Å². The Balaban J connectivity index is 1.82. The lowest BCUT2D eigenvalue weighted by molar-refractivity contribution is -0.121. The first-order chi connectivity index (χ1) is 10.00. The topological polar surface area (TPSA) is 66.5 Å². The molecule has 0 spiro atoms. The molecule has 0 radical (unpaired) electrons. The Bertz CT molecular complexity index is 664. The van der Waals surface area contributed by atoms with Crippen molar-refractivity contribution in [1.82, 2.24) is 9.62 Å². The van der Waals surface area contributed by atoms with E-state index in [-0.39, 0.29) is 16.7 Å². The highest BCUT2D eigenvalue weighted by Gasteiger charge is 2.23. The smallest absolute Gasteiger partial charge is 0.252 e. The van der Waals surface area contributed by atoms with E-state index in [2.05, 4.69) is 5.32 Å². The number of rotatable bonds is 7. The van der Waals surface area contributed by atoms with Crippen LogP contribution in [0.4, 0.5) is 0 Å². The molecule has 0 atom stereocenters. The molecule has 2 rings (SSSR count). The number of thiophene rings is 2. The quantitative estimate of drug-likeness (QED) is 0.833. The Morgan fingerprint density at radius 1 is 1.24 bits per heavy atom. The van der Waals surface area contributed by atoms with E-state index in [0.29, 0.717) is 6.54 Å². The molecular formula is C13H16N2O3S3. The zero-order valence-electron chi connectivity index (χ0n) is 11.5. The van der Waals surface area contributed by atoms with Crippen LogP contribution < -0.4 is 5.32 Å². The highest BCUT2D eigenvalue weighted by molar-refractivity contribution is 7.91. The summed E-state index contributed by atoms with van der Waals surface area (Å²) in [6.07, 6.45) is 0.755. The van der Waals surface area contributed by atoms with Crippen LogP contribution in [0.2, 0.25) is 0 Å². The molecular weight excluding hydrogens is 328 g/mol. The molecule has 0 aromatic carbocycles. The van der Waals surface area contributed by atoms with E-state index in [4.69, 9.17) is 0 Å². The highest BCUT2D eigenvalue weighted by Crippen LogP contribution is 2.19. The van der Waals surface area contributed by atoms with Gasteiger partial charge in [0.25, 0.3) is 10.0 Å². The minimum absolute atomic E-state index is 0.176. The molecule has 1 N–H and O–H groups in total. The normalized spacial score (nSPS) is 11.7. The van der Waals surface area contributed by atoms with Crippen molar-refractivity contribution in [3.8, 4) is 0 Å². The fourth-order valence-electron chi connectivity index (χ4n) is 1.69. The summed E-state index contributed by atoms with van der Waals surface area (Å²) in [7, 11) is -2.16. The Hall–Kier alpha value is -1.22. The molecule has 2 aromatic heterocycles. The van der Waals surface area contributed by atoms with Crippen LogP contribution >= 0.6 is 22.7 Å². The van der Waals surface area contributed by atoms with Crippen LogP contribution in [0.25, 0.3) is 0 Å². The molecule has 0 aliphatic carbocycles. The first-order valence-corrected chi connectivity index (χ1v) is 9.49. The van der Waals surface area contributed by atoms with Crippen LogP contribution in [-0.4, -0.2) is 38.8 Å². The summed E-state index contributed by atoms with van der Waals surface area (Å²) in [4.78, 5) is 13.0. The molecule has 0 aliphatic rings. The van der Waals surface area contributed by atoms with Crippen molar-refractivity contribution < 1.29 is 13.2 Å². The minimum Gasteiger partial charge on any atom is -0.355 e. The summed E-state index contributed by atoms with van der Waals surface area (Å²) in [5.41, 5.74) is 0. The van der Waals surface area contributed by atoms with E-state index in [9.17, 15) is 13.2 Å². The van der Waals surface area contributed by atoms with Gasteiger partial charge >= 0.3 is 0 Å². The van der Waals surface area contributed by atoms with Crippen LogP contribution in [0.3, 0.4) is 0 Å². The van der Waals surface area contributed by atoms with Gasteiger partial charge in [0.1, 0.15) is 4.21 Å². The summed E-state index contributed by atoms with van der Waals surface area (Å²) >= 11 is 2.78.